The Morgan fingerprint density at radius 1 is 0.909 bits per heavy atom. The topological polar surface area (TPSA) is 26.3 Å². The van der Waals surface area contributed by atoms with Crippen molar-refractivity contribution in [1.29, 1.82) is 0 Å². The predicted molar refractivity (Wildman–Crippen MR) is 90.8 cm³/mol. The van der Waals surface area contributed by atoms with E-state index in [2.05, 4.69) is 49.0 Å². The molecule has 4 aromatic rings. The smallest absolute Gasteiger partial charge is 0.192 e. The van der Waals surface area contributed by atoms with Crippen LogP contribution < -0.4 is 4.74 Å². The van der Waals surface area contributed by atoms with E-state index in [-0.39, 0.29) is 12.4 Å². The molecule has 0 fully saturated rings. The van der Waals surface area contributed by atoms with Crippen molar-refractivity contribution in [3.05, 3.63) is 67.3 Å². The van der Waals surface area contributed by atoms with Gasteiger partial charge in [0.1, 0.15) is 5.75 Å². The summed E-state index contributed by atoms with van der Waals surface area (Å²) in [6, 6.07) is 18.7. The first-order valence-corrected chi connectivity index (χ1v) is 7.22. The van der Waals surface area contributed by atoms with Crippen molar-refractivity contribution >= 4 is 38.1 Å². The third kappa shape index (κ3) is 1.85. The van der Waals surface area contributed by atoms with Gasteiger partial charge in [-0.25, -0.2) is 0 Å². The second-order valence-corrected chi connectivity index (χ2v) is 5.38. The van der Waals surface area contributed by atoms with Gasteiger partial charge in [0.25, 0.3) is 0 Å². The zero-order valence-corrected chi connectivity index (χ0v) is 12.0. The van der Waals surface area contributed by atoms with Crippen LogP contribution >= 0.6 is 0 Å². The predicted octanol–water partition coefficient (Wildman–Crippen LogP) is 4.72. The standard InChI is InChI=1S/C20H14O2/c1-2-16(21)12-22-18-11-9-15-7-6-13-4-3-5-14-8-10-17(18)20(15)19(13)14/h2-11H,1,12H2. The van der Waals surface area contributed by atoms with E-state index in [1.165, 1.54) is 33.0 Å². The minimum absolute atomic E-state index is 0.0213. The fourth-order valence-electron chi connectivity index (χ4n) is 3.04. The number of carbonyl (C=O) groups is 1. The van der Waals surface area contributed by atoms with Crippen LogP contribution in [0, 0.1) is 0 Å². The largest absolute Gasteiger partial charge is 0.485 e. The van der Waals surface area contributed by atoms with Gasteiger partial charge in [0, 0.05) is 10.8 Å². The molecule has 0 radical (unpaired) electrons. The molecule has 106 valence electrons. The highest BCUT2D eigenvalue weighted by Crippen LogP contribution is 2.38. The van der Waals surface area contributed by atoms with E-state index in [1.807, 2.05) is 12.1 Å². The SMILES string of the molecule is C=CC(=O)COc1ccc2ccc3cccc4ccc1c2c34. The third-order valence-corrected chi connectivity index (χ3v) is 4.09. The van der Waals surface area contributed by atoms with Gasteiger partial charge in [-0.3, -0.25) is 4.79 Å². The molecule has 0 aliphatic heterocycles. The van der Waals surface area contributed by atoms with Gasteiger partial charge in [-0.15, -0.1) is 0 Å². The maximum Gasteiger partial charge on any atom is 0.192 e. The third-order valence-electron chi connectivity index (χ3n) is 4.09. The van der Waals surface area contributed by atoms with Crippen molar-refractivity contribution in [3.63, 3.8) is 0 Å². The highest BCUT2D eigenvalue weighted by molar-refractivity contribution is 6.24. The average molecular weight is 286 g/mol. The van der Waals surface area contributed by atoms with Crippen molar-refractivity contribution in [2.24, 2.45) is 0 Å². The molecule has 0 saturated heterocycles. The first kappa shape index (κ1) is 12.8. The number of ether oxygens (including phenoxy) is 1. The van der Waals surface area contributed by atoms with Crippen molar-refractivity contribution in [1.82, 2.24) is 0 Å². The number of ketones is 1. The monoisotopic (exact) mass is 286 g/mol. The Morgan fingerprint density at radius 3 is 2.27 bits per heavy atom. The summed E-state index contributed by atoms with van der Waals surface area (Å²) >= 11 is 0. The van der Waals surface area contributed by atoms with E-state index < -0.39 is 0 Å². The zero-order valence-electron chi connectivity index (χ0n) is 12.0. The summed E-state index contributed by atoms with van der Waals surface area (Å²) in [5.41, 5.74) is 0. The summed E-state index contributed by atoms with van der Waals surface area (Å²) < 4.78 is 5.69. The van der Waals surface area contributed by atoms with Crippen LogP contribution in [0.4, 0.5) is 0 Å². The molecule has 2 nitrogen and oxygen atoms in total. The van der Waals surface area contributed by atoms with Crippen molar-refractivity contribution in [3.8, 4) is 5.75 Å². The summed E-state index contributed by atoms with van der Waals surface area (Å²) in [5.74, 6) is 0.617. The summed E-state index contributed by atoms with van der Waals surface area (Å²) in [7, 11) is 0. The van der Waals surface area contributed by atoms with E-state index in [4.69, 9.17) is 4.74 Å². The molecule has 22 heavy (non-hydrogen) atoms. The number of benzene rings is 4. The Balaban J connectivity index is 2.00. The molecule has 4 aromatic carbocycles. The molecule has 0 N–H and O–H groups in total. The maximum absolute atomic E-state index is 11.4. The Morgan fingerprint density at radius 2 is 1.55 bits per heavy atom. The van der Waals surface area contributed by atoms with Crippen LogP contribution in [0.1, 0.15) is 0 Å². The van der Waals surface area contributed by atoms with Gasteiger partial charge in [-0.1, -0.05) is 49.0 Å². The molecule has 0 unspecified atom stereocenters. The van der Waals surface area contributed by atoms with Crippen LogP contribution in [0.3, 0.4) is 0 Å². The molecule has 0 atom stereocenters. The Labute approximate surface area is 128 Å². The minimum Gasteiger partial charge on any atom is -0.485 e. The number of carbonyl (C=O) groups excluding carboxylic acids is 1. The van der Waals surface area contributed by atoms with Gasteiger partial charge in [0.2, 0.25) is 0 Å². The van der Waals surface area contributed by atoms with Crippen LogP contribution in [0.15, 0.2) is 67.3 Å². The molecule has 0 aromatic heterocycles. The molecule has 4 rings (SSSR count). The molecular weight excluding hydrogens is 272 g/mol. The highest BCUT2D eigenvalue weighted by Gasteiger charge is 2.11. The summed E-state index contributed by atoms with van der Waals surface area (Å²) in [4.78, 5) is 11.4. The summed E-state index contributed by atoms with van der Waals surface area (Å²) in [6.07, 6.45) is 1.29. The van der Waals surface area contributed by atoms with Crippen LogP contribution in [-0.2, 0) is 4.79 Å². The Kier molecular flexibility index (Phi) is 2.83. The molecule has 0 aliphatic carbocycles. The van der Waals surface area contributed by atoms with Crippen molar-refractivity contribution < 1.29 is 9.53 Å². The van der Waals surface area contributed by atoms with Crippen LogP contribution in [0.5, 0.6) is 5.75 Å². The summed E-state index contributed by atoms with van der Waals surface area (Å²) in [5, 5.41) is 7.10. The fourth-order valence-corrected chi connectivity index (χ4v) is 3.04. The average Bonchev–Trinajstić information content (AvgIpc) is 2.58. The van der Waals surface area contributed by atoms with E-state index in [0.29, 0.717) is 0 Å². The molecule has 0 saturated carbocycles. The molecule has 2 heteroatoms. The van der Waals surface area contributed by atoms with Gasteiger partial charge >= 0.3 is 0 Å². The molecule has 0 amide bonds. The highest BCUT2D eigenvalue weighted by atomic mass is 16.5. The van der Waals surface area contributed by atoms with E-state index in [1.54, 1.807) is 0 Å². The molecular formula is C20H14O2. The van der Waals surface area contributed by atoms with E-state index in [9.17, 15) is 4.79 Å². The molecule has 0 heterocycles. The van der Waals surface area contributed by atoms with E-state index in [0.717, 1.165) is 11.1 Å². The fraction of sp³-hybridized carbons (Fsp3) is 0.0500. The van der Waals surface area contributed by atoms with Gasteiger partial charge in [0.05, 0.1) is 0 Å². The zero-order chi connectivity index (χ0) is 15.1. The van der Waals surface area contributed by atoms with Gasteiger partial charge in [-0.05, 0) is 39.8 Å². The lowest BCUT2D eigenvalue weighted by molar-refractivity contribution is -0.116. The van der Waals surface area contributed by atoms with Crippen LogP contribution in [-0.4, -0.2) is 12.4 Å². The van der Waals surface area contributed by atoms with Crippen molar-refractivity contribution in [2.75, 3.05) is 6.61 Å². The second-order valence-electron chi connectivity index (χ2n) is 5.38. The first-order chi connectivity index (χ1) is 10.8. The number of hydrogen-bond acceptors (Lipinski definition) is 2. The van der Waals surface area contributed by atoms with Crippen LogP contribution in [0.2, 0.25) is 0 Å². The lowest BCUT2D eigenvalue weighted by Crippen LogP contribution is -2.08. The molecule has 0 aliphatic rings. The second kappa shape index (κ2) is 4.85. The maximum atomic E-state index is 11.4. The first-order valence-electron chi connectivity index (χ1n) is 7.22. The van der Waals surface area contributed by atoms with Gasteiger partial charge in [0.15, 0.2) is 12.4 Å². The number of rotatable bonds is 4. The lowest BCUT2D eigenvalue weighted by atomic mass is 9.94. The van der Waals surface area contributed by atoms with Crippen molar-refractivity contribution in [2.45, 2.75) is 0 Å². The quantitative estimate of drug-likeness (QED) is 0.401. The van der Waals surface area contributed by atoms with Gasteiger partial charge < -0.3 is 4.74 Å². The molecule has 0 bridgehead atoms. The van der Waals surface area contributed by atoms with Crippen LogP contribution in [0.25, 0.3) is 32.3 Å². The number of hydrogen-bond donors (Lipinski definition) is 0. The minimum atomic E-state index is -0.120. The van der Waals surface area contributed by atoms with Gasteiger partial charge in [-0.2, -0.15) is 0 Å². The van der Waals surface area contributed by atoms with E-state index >= 15 is 0 Å². The molecule has 0 spiro atoms. The lowest BCUT2D eigenvalue weighted by Gasteiger charge is -2.14. The summed E-state index contributed by atoms with van der Waals surface area (Å²) in [6.45, 7) is 3.49. The Bertz CT molecular complexity index is 998. The Hall–Kier alpha value is -2.87. The normalized spacial score (nSPS) is 11.3.